The van der Waals surface area contributed by atoms with Gasteiger partial charge in [0, 0.05) is 24.2 Å². The maximum Gasteiger partial charge on any atom is 0.382 e. The maximum absolute atomic E-state index is 10.8. The van der Waals surface area contributed by atoms with Crippen molar-refractivity contribution in [2.75, 3.05) is 0 Å². The summed E-state index contributed by atoms with van der Waals surface area (Å²) in [4.78, 5) is 26.2. The fraction of sp³-hybridized carbons (Fsp3) is 1.00. The molecular formula is C14H34N2O2P2+2. The van der Waals surface area contributed by atoms with Gasteiger partial charge in [0.2, 0.25) is 0 Å². The number of hydrogen-bond acceptors (Lipinski definition) is 4. The lowest BCUT2D eigenvalue weighted by Gasteiger charge is -2.47. The summed E-state index contributed by atoms with van der Waals surface area (Å²) in [6.07, 6.45) is 0. The van der Waals surface area contributed by atoms with E-state index in [0.717, 1.165) is 0 Å². The van der Waals surface area contributed by atoms with Crippen molar-refractivity contribution in [3.05, 3.63) is 0 Å². The van der Waals surface area contributed by atoms with Gasteiger partial charge in [0.15, 0.2) is 0 Å². The zero-order chi connectivity index (χ0) is 15.8. The monoisotopic (exact) mass is 324 g/mol. The van der Waals surface area contributed by atoms with Gasteiger partial charge in [0.25, 0.3) is 11.0 Å². The van der Waals surface area contributed by atoms with Crippen molar-refractivity contribution in [1.29, 1.82) is 0 Å². The molecule has 4 nitrogen and oxygen atoms in total. The van der Waals surface area contributed by atoms with E-state index >= 15 is 0 Å². The van der Waals surface area contributed by atoms with E-state index in [-0.39, 0.29) is 19.6 Å². The van der Waals surface area contributed by atoms with Gasteiger partial charge in [-0.05, 0) is 55.4 Å². The van der Waals surface area contributed by atoms with Gasteiger partial charge in [-0.25, -0.2) is 19.6 Å². The van der Waals surface area contributed by atoms with E-state index in [1.807, 2.05) is 0 Å². The molecule has 0 amide bonds. The molecule has 1 aliphatic rings. The summed E-state index contributed by atoms with van der Waals surface area (Å²) < 4.78 is 0. The van der Waals surface area contributed by atoms with E-state index in [9.17, 15) is 9.79 Å². The average molecular weight is 324 g/mol. The molecule has 0 aliphatic carbocycles. The van der Waals surface area contributed by atoms with Crippen molar-refractivity contribution in [2.24, 2.45) is 0 Å². The first kappa shape index (κ1) is 18.7. The molecule has 0 saturated carbocycles. The molecule has 1 heterocycles. The maximum atomic E-state index is 10.8. The van der Waals surface area contributed by atoms with Crippen molar-refractivity contribution >= 4 is 16.3 Å². The van der Waals surface area contributed by atoms with Gasteiger partial charge in [-0.2, -0.15) is 0 Å². The van der Waals surface area contributed by atoms with E-state index < -0.39 is 7.72 Å². The Hall–Kier alpha value is 0.700. The van der Waals surface area contributed by atoms with Crippen LogP contribution in [0.3, 0.4) is 0 Å². The Morgan fingerprint density at radius 2 is 0.950 bits per heavy atom. The number of hydrogen-bond donors (Lipinski definition) is 2. The van der Waals surface area contributed by atoms with Crippen LogP contribution in [0.4, 0.5) is 0 Å². The fourth-order valence-electron chi connectivity index (χ4n) is 3.47. The highest BCUT2D eigenvalue weighted by molar-refractivity contribution is 7.89. The molecule has 20 heavy (non-hydrogen) atoms. The zero-order valence-electron chi connectivity index (χ0n) is 14.3. The van der Waals surface area contributed by atoms with Crippen molar-refractivity contribution in [3.8, 4) is 0 Å². The van der Waals surface area contributed by atoms with Crippen LogP contribution in [0.2, 0.25) is 0 Å². The summed E-state index contributed by atoms with van der Waals surface area (Å²) in [5.41, 5.74) is 0.0417. The van der Waals surface area contributed by atoms with E-state index in [1.165, 1.54) is 0 Å². The van der Waals surface area contributed by atoms with E-state index in [4.69, 9.17) is 0 Å². The average Bonchev–Trinajstić information content (AvgIpc) is 2.25. The Bertz CT molecular complexity index is 278. The third-order valence-electron chi connectivity index (χ3n) is 4.12. The van der Waals surface area contributed by atoms with Crippen molar-refractivity contribution < 1.29 is 9.79 Å². The summed E-state index contributed by atoms with van der Waals surface area (Å²) in [5.74, 6) is 0. The van der Waals surface area contributed by atoms with Crippen LogP contribution in [0, 0.1) is 0 Å². The fourth-order valence-corrected chi connectivity index (χ4v) is 10.4. The first-order chi connectivity index (χ1) is 9.01. The van der Waals surface area contributed by atoms with E-state index in [2.05, 4.69) is 65.2 Å². The first-order valence-corrected chi connectivity index (χ1v) is 10.9. The normalized spacial score (nSPS) is 27.6. The molecule has 0 aromatic rings. The van der Waals surface area contributed by atoms with E-state index in [0.29, 0.717) is 24.2 Å². The van der Waals surface area contributed by atoms with Gasteiger partial charge < -0.3 is 0 Å². The van der Waals surface area contributed by atoms with Crippen LogP contribution in [-0.4, -0.2) is 54.8 Å². The van der Waals surface area contributed by atoms with E-state index in [1.54, 1.807) is 0 Å². The van der Waals surface area contributed by atoms with Crippen LogP contribution in [0.1, 0.15) is 55.4 Å². The largest absolute Gasteiger partial charge is 0.382 e. The molecule has 120 valence electrons. The van der Waals surface area contributed by atoms with Crippen molar-refractivity contribution in [2.45, 2.75) is 90.6 Å². The Morgan fingerprint density at radius 3 is 1.10 bits per heavy atom. The van der Waals surface area contributed by atoms with Gasteiger partial charge in [0.1, 0.15) is 8.58 Å². The predicted molar refractivity (Wildman–Crippen MR) is 92.9 cm³/mol. The number of nitrogens with zero attached hydrogens (tertiary/aromatic N) is 2. The van der Waals surface area contributed by atoms with Gasteiger partial charge in [-0.3, -0.25) is 0 Å². The SMILES string of the molecule is CC(C)N(C(C)C)C1[PH2+]C(N(C(C)C)C(C)C)[P+]1(O)O. The smallest absolute Gasteiger partial charge is 0.228 e. The molecule has 2 N–H and O–H groups in total. The second-order valence-electron chi connectivity index (χ2n) is 6.99. The summed E-state index contributed by atoms with van der Waals surface area (Å²) in [5, 5.41) is 0. The Balaban J connectivity index is 2.90. The van der Waals surface area contributed by atoms with Crippen LogP contribution in [0.15, 0.2) is 0 Å². The van der Waals surface area contributed by atoms with Crippen LogP contribution >= 0.6 is 16.3 Å². The quantitative estimate of drug-likeness (QED) is 0.737. The van der Waals surface area contributed by atoms with Crippen LogP contribution in [0.25, 0.3) is 0 Å². The highest BCUT2D eigenvalue weighted by Gasteiger charge is 2.75. The van der Waals surface area contributed by atoms with Crippen molar-refractivity contribution in [3.63, 3.8) is 0 Å². The lowest BCUT2D eigenvalue weighted by Crippen LogP contribution is -2.56. The minimum absolute atomic E-state index is 0.0208. The minimum atomic E-state index is -2.88. The molecule has 0 bridgehead atoms. The van der Waals surface area contributed by atoms with Crippen LogP contribution < -0.4 is 0 Å². The molecule has 2 unspecified atom stereocenters. The lowest BCUT2D eigenvalue weighted by atomic mass is 10.2. The van der Waals surface area contributed by atoms with Crippen LogP contribution in [0.5, 0.6) is 0 Å². The highest BCUT2D eigenvalue weighted by Crippen LogP contribution is 2.81. The highest BCUT2D eigenvalue weighted by atomic mass is 31.3. The Kier molecular flexibility index (Phi) is 6.43. The molecule has 0 aromatic carbocycles. The molecule has 0 spiro atoms. The number of rotatable bonds is 6. The summed E-state index contributed by atoms with van der Waals surface area (Å²) in [6.45, 7) is 17.2. The second-order valence-corrected chi connectivity index (χ2v) is 12.2. The third kappa shape index (κ3) is 3.54. The Labute approximate surface area is 127 Å². The molecule has 0 radical (unpaired) electrons. The zero-order valence-corrected chi connectivity index (χ0v) is 16.3. The third-order valence-corrected chi connectivity index (χ3v) is 11.3. The Morgan fingerprint density at radius 1 is 0.700 bits per heavy atom. The van der Waals surface area contributed by atoms with Gasteiger partial charge >= 0.3 is 7.72 Å². The molecule has 1 fully saturated rings. The molecule has 1 aliphatic heterocycles. The first-order valence-electron chi connectivity index (χ1n) is 7.75. The summed E-state index contributed by atoms with van der Waals surface area (Å²) in [6, 6.07) is 1.44. The molecule has 0 aromatic heterocycles. The molecule has 2 atom stereocenters. The lowest BCUT2D eigenvalue weighted by molar-refractivity contribution is 0.137. The van der Waals surface area contributed by atoms with Crippen molar-refractivity contribution in [1.82, 2.24) is 9.80 Å². The van der Waals surface area contributed by atoms with Crippen LogP contribution in [-0.2, 0) is 0 Å². The molecule has 6 heteroatoms. The summed E-state index contributed by atoms with van der Waals surface area (Å²) >= 11 is 0. The molecule has 1 saturated heterocycles. The second kappa shape index (κ2) is 6.86. The topological polar surface area (TPSA) is 46.9 Å². The van der Waals surface area contributed by atoms with Gasteiger partial charge in [-0.1, -0.05) is 0 Å². The van der Waals surface area contributed by atoms with Gasteiger partial charge in [-0.15, -0.1) is 0 Å². The van der Waals surface area contributed by atoms with Gasteiger partial charge in [0.05, 0.1) is 0 Å². The predicted octanol–water partition coefficient (Wildman–Crippen LogP) is 3.05. The molecule has 1 rings (SSSR count). The molecular weight excluding hydrogens is 290 g/mol. The summed E-state index contributed by atoms with van der Waals surface area (Å²) in [7, 11) is -2.85. The minimum Gasteiger partial charge on any atom is -0.228 e. The standard InChI is InChI=1S/C14H33N2O2P2/c1-9(2)15(10(3)4)13-19-14(20(13,17)18)16(11(5)6)12(7)8/h9-14,17-19H,1-8H3/q+1/p+1.